The van der Waals surface area contributed by atoms with Crippen LogP contribution in [0.1, 0.15) is 67.2 Å². The fourth-order valence-electron chi connectivity index (χ4n) is 2.02. The van der Waals surface area contributed by atoms with Crippen LogP contribution in [0.15, 0.2) is 24.3 Å². The molecule has 0 fully saturated rings. The number of carbonyl (C=O) groups is 3. The molecule has 0 aliphatic carbocycles. The maximum absolute atomic E-state index is 12.0. The molecule has 6 nitrogen and oxygen atoms in total. The zero-order valence-corrected chi connectivity index (χ0v) is 14.4. The summed E-state index contributed by atoms with van der Waals surface area (Å²) in [5.74, 6) is -2.16. The van der Waals surface area contributed by atoms with Crippen LogP contribution < -0.4 is 0 Å². The molecule has 0 heterocycles. The fraction of sp³-hybridized carbons (Fsp3) is 0.500. The Morgan fingerprint density at radius 1 is 1.08 bits per heavy atom. The first kappa shape index (κ1) is 21.6. The first-order valence-electron chi connectivity index (χ1n) is 8.02. The molecule has 1 atom stereocenters. The standard InChI is InChI=1S/C16H22O4.C2H4O2/c1-3-5-8-12(4-2)11-20-16(19)14-10-7-6-9-13(14)15(17)18;1-2(3)4/h6-7,9-10,12H,3-5,8,11H2,1-2H3,(H,17,18);1H3,(H,3,4). The monoisotopic (exact) mass is 338 g/mol. The van der Waals surface area contributed by atoms with Crippen molar-refractivity contribution >= 4 is 17.9 Å². The van der Waals surface area contributed by atoms with Gasteiger partial charge < -0.3 is 14.9 Å². The van der Waals surface area contributed by atoms with E-state index in [1.54, 1.807) is 12.1 Å². The molecule has 0 bridgehead atoms. The number of hydrogen-bond acceptors (Lipinski definition) is 4. The van der Waals surface area contributed by atoms with Crippen molar-refractivity contribution in [2.45, 2.75) is 46.5 Å². The lowest BCUT2D eigenvalue weighted by atomic mass is 10.0. The summed E-state index contributed by atoms with van der Waals surface area (Å²) in [5.41, 5.74) is 0.101. The molecule has 0 saturated carbocycles. The molecule has 1 aromatic carbocycles. The molecule has 0 radical (unpaired) electrons. The van der Waals surface area contributed by atoms with Crippen molar-refractivity contribution < 1.29 is 29.3 Å². The van der Waals surface area contributed by atoms with Crippen molar-refractivity contribution in [1.82, 2.24) is 0 Å². The minimum absolute atomic E-state index is 0.0147. The summed E-state index contributed by atoms with van der Waals surface area (Å²) in [4.78, 5) is 32.0. The average Bonchev–Trinajstić information content (AvgIpc) is 2.54. The quantitative estimate of drug-likeness (QED) is 0.698. The maximum atomic E-state index is 12.0. The van der Waals surface area contributed by atoms with Crippen LogP contribution >= 0.6 is 0 Å². The Morgan fingerprint density at radius 3 is 2.08 bits per heavy atom. The maximum Gasteiger partial charge on any atom is 0.339 e. The molecule has 6 heteroatoms. The van der Waals surface area contributed by atoms with Gasteiger partial charge in [0.25, 0.3) is 5.97 Å². The Bertz CT molecular complexity index is 534. The van der Waals surface area contributed by atoms with E-state index in [1.165, 1.54) is 12.1 Å². The van der Waals surface area contributed by atoms with Crippen molar-refractivity contribution in [3.63, 3.8) is 0 Å². The van der Waals surface area contributed by atoms with E-state index in [-0.39, 0.29) is 11.1 Å². The summed E-state index contributed by atoms with van der Waals surface area (Å²) in [6.07, 6.45) is 4.21. The lowest BCUT2D eigenvalue weighted by Gasteiger charge is -2.15. The van der Waals surface area contributed by atoms with Gasteiger partial charge in [0.1, 0.15) is 0 Å². The lowest BCUT2D eigenvalue weighted by Crippen LogP contribution is -2.16. The van der Waals surface area contributed by atoms with E-state index >= 15 is 0 Å². The van der Waals surface area contributed by atoms with Gasteiger partial charge in [0, 0.05) is 6.92 Å². The number of benzene rings is 1. The summed E-state index contributed by atoms with van der Waals surface area (Å²) in [6.45, 7) is 5.63. The van der Waals surface area contributed by atoms with Gasteiger partial charge >= 0.3 is 11.9 Å². The molecule has 0 aliphatic rings. The third kappa shape index (κ3) is 8.92. The smallest absolute Gasteiger partial charge is 0.339 e. The van der Waals surface area contributed by atoms with E-state index in [0.29, 0.717) is 12.5 Å². The molecular weight excluding hydrogens is 312 g/mol. The summed E-state index contributed by atoms with van der Waals surface area (Å²) < 4.78 is 5.27. The van der Waals surface area contributed by atoms with Crippen molar-refractivity contribution in [3.8, 4) is 0 Å². The number of carboxylic acid groups (broad SMARTS) is 2. The van der Waals surface area contributed by atoms with Crippen molar-refractivity contribution in [1.29, 1.82) is 0 Å². The first-order chi connectivity index (χ1) is 11.3. The van der Waals surface area contributed by atoms with Gasteiger partial charge in [0.15, 0.2) is 0 Å². The highest BCUT2D eigenvalue weighted by Gasteiger charge is 2.18. The molecule has 1 aromatic rings. The van der Waals surface area contributed by atoms with Crippen LogP contribution in [0.5, 0.6) is 0 Å². The molecule has 24 heavy (non-hydrogen) atoms. The van der Waals surface area contributed by atoms with E-state index in [2.05, 4.69) is 13.8 Å². The van der Waals surface area contributed by atoms with Gasteiger partial charge in [0.05, 0.1) is 17.7 Å². The van der Waals surface area contributed by atoms with Gasteiger partial charge in [-0.25, -0.2) is 9.59 Å². The van der Waals surface area contributed by atoms with E-state index in [4.69, 9.17) is 19.7 Å². The van der Waals surface area contributed by atoms with Crippen LogP contribution in [-0.4, -0.2) is 34.7 Å². The highest BCUT2D eigenvalue weighted by molar-refractivity contribution is 6.02. The van der Waals surface area contributed by atoms with Gasteiger partial charge in [-0.2, -0.15) is 0 Å². The van der Waals surface area contributed by atoms with Crippen molar-refractivity contribution in [3.05, 3.63) is 35.4 Å². The number of aliphatic carboxylic acids is 1. The Balaban J connectivity index is 0.00000118. The molecule has 134 valence electrons. The third-order valence-electron chi connectivity index (χ3n) is 3.37. The van der Waals surface area contributed by atoms with Gasteiger partial charge in [-0.1, -0.05) is 45.2 Å². The molecule has 2 N–H and O–H groups in total. The van der Waals surface area contributed by atoms with E-state index in [1.807, 2.05) is 0 Å². The number of hydrogen-bond donors (Lipinski definition) is 2. The van der Waals surface area contributed by atoms with Crippen LogP contribution in [0, 0.1) is 5.92 Å². The Hall–Kier alpha value is -2.37. The van der Waals surface area contributed by atoms with E-state index < -0.39 is 17.9 Å². The number of unbranched alkanes of at least 4 members (excludes halogenated alkanes) is 1. The third-order valence-corrected chi connectivity index (χ3v) is 3.37. The second kappa shape index (κ2) is 12.1. The summed E-state index contributed by atoms with van der Waals surface area (Å²) in [6, 6.07) is 6.12. The molecule has 0 spiro atoms. The van der Waals surface area contributed by atoms with Crippen LogP contribution in [0.25, 0.3) is 0 Å². The molecular formula is C18H26O6. The predicted molar refractivity (Wildman–Crippen MR) is 90.3 cm³/mol. The lowest BCUT2D eigenvalue weighted by molar-refractivity contribution is -0.134. The average molecular weight is 338 g/mol. The highest BCUT2D eigenvalue weighted by atomic mass is 16.5. The number of carbonyl (C=O) groups excluding carboxylic acids is 1. The summed E-state index contributed by atoms with van der Waals surface area (Å²) in [7, 11) is 0. The van der Waals surface area contributed by atoms with Crippen LogP contribution in [0.3, 0.4) is 0 Å². The van der Waals surface area contributed by atoms with Crippen LogP contribution in [-0.2, 0) is 9.53 Å². The topological polar surface area (TPSA) is 101 Å². The number of aromatic carboxylic acids is 1. The Kier molecular flexibility index (Phi) is 10.9. The zero-order valence-electron chi connectivity index (χ0n) is 14.4. The molecule has 1 rings (SSSR count). The second-order valence-corrected chi connectivity index (χ2v) is 5.38. The number of carboxylic acids is 2. The number of esters is 1. The molecule has 1 unspecified atom stereocenters. The minimum atomic E-state index is -1.12. The fourth-order valence-corrected chi connectivity index (χ4v) is 2.02. The second-order valence-electron chi connectivity index (χ2n) is 5.38. The number of rotatable bonds is 8. The van der Waals surface area contributed by atoms with Gasteiger partial charge in [-0.3, -0.25) is 4.79 Å². The van der Waals surface area contributed by atoms with Gasteiger partial charge in [-0.15, -0.1) is 0 Å². The zero-order chi connectivity index (χ0) is 18.5. The SMILES string of the molecule is CC(=O)O.CCCCC(CC)COC(=O)c1ccccc1C(=O)O. The predicted octanol–water partition coefficient (Wildman–Crippen LogP) is 3.85. The normalized spacial score (nSPS) is 11.0. The van der Waals surface area contributed by atoms with E-state index in [0.717, 1.165) is 32.6 Å². The Morgan fingerprint density at radius 2 is 1.62 bits per heavy atom. The van der Waals surface area contributed by atoms with Crippen molar-refractivity contribution in [2.75, 3.05) is 6.61 Å². The Labute approximate surface area is 142 Å². The molecule has 0 saturated heterocycles. The van der Waals surface area contributed by atoms with Gasteiger partial charge in [0.2, 0.25) is 0 Å². The highest BCUT2D eigenvalue weighted by Crippen LogP contribution is 2.15. The van der Waals surface area contributed by atoms with Crippen molar-refractivity contribution in [2.24, 2.45) is 5.92 Å². The minimum Gasteiger partial charge on any atom is -0.481 e. The first-order valence-corrected chi connectivity index (χ1v) is 8.02. The largest absolute Gasteiger partial charge is 0.481 e. The van der Waals surface area contributed by atoms with Gasteiger partial charge in [-0.05, 0) is 24.5 Å². The van der Waals surface area contributed by atoms with E-state index in [9.17, 15) is 9.59 Å². The van der Waals surface area contributed by atoms with Crippen LogP contribution in [0.4, 0.5) is 0 Å². The summed E-state index contributed by atoms with van der Waals surface area (Å²) >= 11 is 0. The molecule has 0 aliphatic heterocycles. The number of ether oxygens (including phenoxy) is 1. The molecule has 0 aromatic heterocycles. The molecule has 0 amide bonds. The summed E-state index contributed by atoms with van der Waals surface area (Å²) in [5, 5.41) is 16.5. The van der Waals surface area contributed by atoms with Crippen LogP contribution in [0.2, 0.25) is 0 Å².